The van der Waals surface area contributed by atoms with E-state index in [0.717, 1.165) is 11.1 Å². The summed E-state index contributed by atoms with van der Waals surface area (Å²) in [4.78, 5) is 60.6. The molecule has 0 saturated carbocycles. The van der Waals surface area contributed by atoms with Crippen molar-refractivity contribution in [2.24, 2.45) is 0 Å². The molecular weight excluding hydrogens is 462 g/mol. The van der Waals surface area contributed by atoms with Crippen LogP contribution in [0.3, 0.4) is 0 Å². The van der Waals surface area contributed by atoms with E-state index < -0.39 is 11.8 Å². The number of nitrogens with zero attached hydrogens (tertiary/aromatic N) is 2. The SMILES string of the molecule is CC(=O)c1ccccc1C(=O)Nc1c[nH]c2c(C(=O)NCc3ccc4c(c3)CC(=O)CO4)ncnc12. The maximum Gasteiger partial charge on any atom is 0.272 e. The quantitative estimate of drug-likeness (QED) is 0.358. The fourth-order valence-electron chi connectivity index (χ4n) is 4.09. The lowest BCUT2D eigenvalue weighted by Gasteiger charge is -2.17. The zero-order valence-corrected chi connectivity index (χ0v) is 19.3. The molecule has 0 fully saturated rings. The zero-order valence-electron chi connectivity index (χ0n) is 19.3. The topological polar surface area (TPSA) is 143 Å². The summed E-state index contributed by atoms with van der Waals surface area (Å²) in [5.41, 5.74) is 3.33. The lowest BCUT2D eigenvalue weighted by Crippen LogP contribution is -2.25. The summed E-state index contributed by atoms with van der Waals surface area (Å²) in [5, 5.41) is 5.57. The average molecular weight is 483 g/mol. The number of nitrogens with one attached hydrogen (secondary N) is 3. The number of carbonyl (C=O) groups is 4. The van der Waals surface area contributed by atoms with Crippen molar-refractivity contribution >= 4 is 40.1 Å². The minimum atomic E-state index is -0.471. The number of fused-ring (bicyclic) bond motifs is 2. The van der Waals surface area contributed by atoms with Crippen molar-refractivity contribution in [3.63, 3.8) is 0 Å². The van der Waals surface area contributed by atoms with E-state index in [1.165, 1.54) is 19.4 Å². The second-order valence-corrected chi connectivity index (χ2v) is 8.33. The number of carbonyl (C=O) groups excluding carboxylic acids is 4. The second-order valence-electron chi connectivity index (χ2n) is 8.33. The van der Waals surface area contributed by atoms with Crippen LogP contribution in [0.25, 0.3) is 11.0 Å². The molecule has 0 atom stereocenters. The summed E-state index contributed by atoms with van der Waals surface area (Å²) >= 11 is 0. The number of hydrogen-bond acceptors (Lipinski definition) is 7. The van der Waals surface area contributed by atoms with E-state index in [1.54, 1.807) is 30.3 Å². The number of ketones is 2. The number of aromatic amines is 1. The Morgan fingerprint density at radius 3 is 2.67 bits per heavy atom. The van der Waals surface area contributed by atoms with Gasteiger partial charge in [0.05, 0.1) is 16.8 Å². The Morgan fingerprint density at radius 1 is 1.06 bits per heavy atom. The van der Waals surface area contributed by atoms with Crippen molar-refractivity contribution in [1.82, 2.24) is 20.3 Å². The third kappa shape index (κ3) is 4.43. The van der Waals surface area contributed by atoms with E-state index in [4.69, 9.17) is 4.74 Å². The number of aromatic nitrogens is 3. The summed E-state index contributed by atoms with van der Waals surface area (Å²) in [6.45, 7) is 1.69. The molecule has 5 rings (SSSR count). The Morgan fingerprint density at radius 2 is 1.86 bits per heavy atom. The Bertz CT molecular complexity index is 1540. The van der Waals surface area contributed by atoms with E-state index in [-0.39, 0.29) is 36.0 Å². The monoisotopic (exact) mass is 483 g/mol. The van der Waals surface area contributed by atoms with Gasteiger partial charge in [0.1, 0.15) is 24.2 Å². The number of hydrogen-bond donors (Lipinski definition) is 3. The van der Waals surface area contributed by atoms with Crippen molar-refractivity contribution in [3.8, 4) is 5.75 Å². The summed E-state index contributed by atoms with van der Waals surface area (Å²) in [7, 11) is 0. The molecule has 10 nitrogen and oxygen atoms in total. The predicted octanol–water partition coefficient (Wildman–Crippen LogP) is 2.85. The van der Waals surface area contributed by atoms with Crippen molar-refractivity contribution in [2.45, 2.75) is 19.9 Å². The van der Waals surface area contributed by atoms with Gasteiger partial charge in [-0.3, -0.25) is 19.2 Å². The number of ether oxygens (including phenoxy) is 1. The van der Waals surface area contributed by atoms with Gasteiger partial charge < -0.3 is 20.4 Å². The average Bonchev–Trinajstić information content (AvgIpc) is 3.29. The standard InChI is InChI=1S/C26H21N5O5/c1-14(32)18-4-2-3-5-19(18)25(34)31-20-11-27-23-22(20)29-13-30-24(23)26(35)28-10-15-6-7-21-16(8-15)9-17(33)12-36-21/h2-8,11,13,27H,9-10,12H2,1H3,(H,28,35)(H,31,34). The van der Waals surface area contributed by atoms with Crippen LogP contribution in [0.2, 0.25) is 0 Å². The smallest absolute Gasteiger partial charge is 0.272 e. The van der Waals surface area contributed by atoms with Crippen LogP contribution in [0.5, 0.6) is 5.75 Å². The number of anilines is 1. The molecular formula is C26H21N5O5. The van der Waals surface area contributed by atoms with Crippen LogP contribution in [0.1, 0.15) is 49.3 Å². The highest BCUT2D eigenvalue weighted by molar-refractivity contribution is 6.15. The molecule has 2 amide bonds. The largest absolute Gasteiger partial charge is 0.486 e. The number of H-pyrrole nitrogens is 1. The molecule has 36 heavy (non-hydrogen) atoms. The van der Waals surface area contributed by atoms with Crippen molar-refractivity contribution in [3.05, 3.63) is 82.9 Å². The number of rotatable bonds is 6. The number of Topliss-reactive ketones (excluding diaryl/α,β-unsaturated/α-hetero) is 2. The first-order valence-electron chi connectivity index (χ1n) is 11.2. The molecule has 10 heteroatoms. The van der Waals surface area contributed by atoms with Crippen molar-refractivity contribution in [2.75, 3.05) is 11.9 Å². The fraction of sp³-hybridized carbons (Fsp3) is 0.154. The molecule has 1 aliphatic heterocycles. The Balaban J connectivity index is 1.33. The Hall–Kier alpha value is -4.86. The molecule has 1 aliphatic rings. The molecule has 0 saturated heterocycles. The lowest BCUT2D eigenvalue weighted by atomic mass is 10.0. The highest BCUT2D eigenvalue weighted by atomic mass is 16.5. The van der Waals surface area contributed by atoms with E-state index in [1.807, 2.05) is 12.1 Å². The van der Waals surface area contributed by atoms with E-state index in [0.29, 0.717) is 34.5 Å². The van der Waals surface area contributed by atoms with Crippen LogP contribution in [0, 0.1) is 0 Å². The first-order valence-corrected chi connectivity index (χ1v) is 11.2. The van der Waals surface area contributed by atoms with Gasteiger partial charge in [0.25, 0.3) is 11.8 Å². The molecule has 0 radical (unpaired) electrons. The third-order valence-corrected chi connectivity index (χ3v) is 5.83. The molecule has 0 bridgehead atoms. The van der Waals surface area contributed by atoms with Gasteiger partial charge in [-0.25, -0.2) is 9.97 Å². The van der Waals surface area contributed by atoms with Gasteiger partial charge in [-0.1, -0.05) is 24.3 Å². The maximum atomic E-state index is 12.9. The third-order valence-electron chi connectivity index (χ3n) is 5.83. The molecule has 0 spiro atoms. The summed E-state index contributed by atoms with van der Waals surface area (Å²) < 4.78 is 5.41. The molecule has 180 valence electrons. The highest BCUT2D eigenvalue weighted by Gasteiger charge is 2.20. The van der Waals surface area contributed by atoms with Crippen LogP contribution >= 0.6 is 0 Å². The van der Waals surface area contributed by atoms with Crippen LogP contribution in [-0.2, 0) is 17.8 Å². The van der Waals surface area contributed by atoms with Gasteiger partial charge in [-0.2, -0.15) is 0 Å². The van der Waals surface area contributed by atoms with Crippen molar-refractivity contribution in [1.29, 1.82) is 0 Å². The Labute approximate surface area is 205 Å². The van der Waals surface area contributed by atoms with E-state index in [9.17, 15) is 19.2 Å². The van der Waals surface area contributed by atoms with Gasteiger partial charge in [0, 0.05) is 30.3 Å². The molecule has 2 aromatic carbocycles. The first-order chi connectivity index (χ1) is 17.4. The number of benzene rings is 2. The molecule has 4 aromatic rings. The van der Waals surface area contributed by atoms with Crippen molar-refractivity contribution < 1.29 is 23.9 Å². The fourth-order valence-corrected chi connectivity index (χ4v) is 4.09. The van der Waals surface area contributed by atoms with Gasteiger partial charge in [0.15, 0.2) is 17.3 Å². The molecule has 0 unspecified atom stereocenters. The second kappa shape index (κ2) is 9.41. The van der Waals surface area contributed by atoms with E-state index >= 15 is 0 Å². The lowest BCUT2D eigenvalue weighted by molar-refractivity contribution is -0.121. The molecule has 0 aliphatic carbocycles. The van der Waals surface area contributed by atoms with Gasteiger partial charge >= 0.3 is 0 Å². The van der Waals surface area contributed by atoms with E-state index in [2.05, 4.69) is 25.6 Å². The molecule has 3 heterocycles. The normalized spacial score (nSPS) is 12.5. The predicted molar refractivity (Wildman–Crippen MR) is 130 cm³/mol. The van der Waals surface area contributed by atoms with Crippen LogP contribution in [-0.4, -0.2) is 44.9 Å². The minimum absolute atomic E-state index is 0.00600. The van der Waals surface area contributed by atoms with Gasteiger partial charge in [-0.15, -0.1) is 0 Å². The molecule has 3 N–H and O–H groups in total. The minimum Gasteiger partial charge on any atom is -0.486 e. The highest BCUT2D eigenvalue weighted by Crippen LogP contribution is 2.25. The summed E-state index contributed by atoms with van der Waals surface area (Å²) in [6.07, 6.45) is 3.06. The van der Waals surface area contributed by atoms with Crippen LogP contribution in [0.15, 0.2) is 55.0 Å². The molecule has 2 aromatic heterocycles. The van der Waals surface area contributed by atoms with Crippen LogP contribution in [0.4, 0.5) is 5.69 Å². The van der Waals surface area contributed by atoms with Gasteiger partial charge in [-0.05, 0) is 30.7 Å². The Kier molecular flexibility index (Phi) is 5.99. The summed E-state index contributed by atoms with van der Waals surface area (Å²) in [5.74, 6) is -0.449. The zero-order chi connectivity index (χ0) is 25.2. The van der Waals surface area contributed by atoms with Crippen LogP contribution < -0.4 is 15.4 Å². The first kappa shape index (κ1) is 22.9. The number of amides is 2. The summed E-state index contributed by atoms with van der Waals surface area (Å²) in [6, 6.07) is 12.0. The maximum absolute atomic E-state index is 12.9. The van der Waals surface area contributed by atoms with Gasteiger partial charge in [0.2, 0.25) is 0 Å².